The molecular weight excluding hydrogens is 112 g/mol. The zero-order valence-corrected chi connectivity index (χ0v) is 5.64. The second kappa shape index (κ2) is 1.96. The average molecular weight is 126 g/mol. The SMILES string of the molecule is NCCC1[C@H]2CCN[C@@H]12. The molecule has 2 aliphatic rings. The van der Waals surface area contributed by atoms with Crippen molar-refractivity contribution in [3.05, 3.63) is 0 Å². The van der Waals surface area contributed by atoms with Gasteiger partial charge in [0.1, 0.15) is 0 Å². The summed E-state index contributed by atoms with van der Waals surface area (Å²) in [5.74, 6) is 1.96. The van der Waals surface area contributed by atoms with Gasteiger partial charge in [-0.25, -0.2) is 0 Å². The van der Waals surface area contributed by atoms with Gasteiger partial charge in [0, 0.05) is 6.04 Å². The topological polar surface area (TPSA) is 38.0 Å². The summed E-state index contributed by atoms with van der Waals surface area (Å²) < 4.78 is 0. The van der Waals surface area contributed by atoms with Crippen LogP contribution in [0.5, 0.6) is 0 Å². The summed E-state index contributed by atoms with van der Waals surface area (Å²) in [5, 5.41) is 3.47. The monoisotopic (exact) mass is 126 g/mol. The number of hydrogen-bond acceptors (Lipinski definition) is 2. The van der Waals surface area contributed by atoms with Gasteiger partial charge in [0.25, 0.3) is 0 Å². The Balaban J connectivity index is 1.81. The number of nitrogens with one attached hydrogen (secondary N) is 1. The molecule has 2 fully saturated rings. The van der Waals surface area contributed by atoms with E-state index >= 15 is 0 Å². The molecule has 52 valence electrons. The second-order valence-corrected chi connectivity index (χ2v) is 3.17. The summed E-state index contributed by atoms with van der Waals surface area (Å²) >= 11 is 0. The fraction of sp³-hybridized carbons (Fsp3) is 1.00. The average Bonchev–Trinajstić information content (AvgIpc) is 2.39. The molecule has 0 amide bonds. The minimum atomic E-state index is 0.869. The first kappa shape index (κ1) is 5.69. The summed E-state index contributed by atoms with van der Waals surface area (Å²) in [6, 6.07) is 0.869. The number of fused-ring (bicyclic) bond motifs is 1. The Bertz CT molecular complexity index is 103. The lowest BCUT2D eigenvalue weighted by Gasteiger charge is -1.99. The Morgan fingerprint density at radius 3 is 3.00 bits per heavy atom. The highest BCUT2D eigenvalue weighted by Gasteiger charge is 2.51. The summed E-state index contributed by atoms with van der Waals surface area (Å²) in [6.07, 6.45) is 2.64. The molecule has 1 saturated heterocycles. The number of hydrogen-bond donors (Lipinski definition) is 2. The Morgan fingerprint density at radius 1 is 1.56 bits per heavy atom. The Labute approximate surface area is 55.8 Å². The summed E-state index contributed by atoms with van der Waals surface area (Å²) in [6.45, 7) is 2.12. The number of piperidine rings is 1. The standard InChI is InChI=1S/C7H14N2/c8-3-1-5-6-2-4-9-7(5)6/h5-7,9H,1-4,8H2/t5?,6-,7+/m1/s1. The summed E-state index contributed by atoms with van der Waals surface area (Å²) in [7, 11) is 0. The van der Waals surface area contributed by atoms with Crippen molar-refractivity contribution in [3.8, 4) is 0 Å². The van der Waals surface area contributed by atoms with Crippen LogP contribution in [0.2, 0.25) is 0 Å². The molecule has 2 rings (SSSR count). The molecule has 2 nitrogen and oxygen atoms in total. The third-order valence-corrected chi connectivity index (χ3v) is 2.69. The van der Waals surface area contributed by atoms with E-state index in [-0.39, 0.29) is 0 Å². The zero-order valence-electron chi connectivity index (χ0n) is 5.64. The van der Waals surface area contributed by atoms with E-state index in [0.29, 0.717) is 0 Å². The fourth-order valence-corrected chi connectivity index (χ4v) is 2.14. The summed E-state index contributed by atoms with van der Waals surface area (Å²) in [5.41, 5.74) is 5.44. The van der Waals surface area contributed by atoms with Gasteiger partial charge in [-0.3, -0.25) is 0 Å². The molecule has 1 aliphatic heterocycles. The Morgan fingerprint density at radius 2 is 2.44 bits per heavy atom. The minimum absolute atomic E-state index is 0.869. The Kier molecular flexibility index (Phi) is 1.24. The number of nitrogens with two attached hydrogens (primary N) is 1. The predicted molar refractivity (Wildman–Crippen MR) is 37.1 cm³/mol. The predicted octanol–water partition coefficient (Wildman–Crippen LogP) is -0.0569. The maximum atomic E-state index is 5.44. The van der Waals surface area contributed by atoms with E-state index in [1.54, 1.807) is 0 Å². The third kappa shape index (κ3) is 0.775. The fourth-order valence-electron chi connectivity index (χ4n) is 2.14. The van der Waals surface area contributed by atoms with Crippen LogP contribution in [0.1, 0.15) is 12.8 Å². The molecule has 0 bridgehead atoms. The third-order valence-electron chi connectivity index (χ3n) is 2.69. The smallest absolute Gasteiger partial charge is 0.0131 e. The highest BCUT2D eigenvalue weighted by Crippen LogP contribution is 2.46. The largest absolute Gasteiger partial charge is 0.330 e. The van der Waals surface area contributed by atoms with Crippen LogP contribution < -0.4 is 11.1 Å². The second-order valence-electron chi connectivity index (χ2n) is 3.17. The van der Waals surface area contributed by atoms with Crippen LogP contribution in [0, 0.1) is 11.8 Å². The van der Waals surface area contributed by atoms with E-state index < -0.39 is 0 Å². The van der Waals surface area contributed by atoms with Crippen LogP contribution in [0.3, 0.4) is 0 Å². The van der Waals surface area contributed by atoms with Gasteiger partial charge in [0.15, 0.2) is 0 Å². The van der Waals surface area contributed by atoms with Crippen molar-refractivity contribution in [3.63, 3.8) is 0 Å². The van der Waals surface area contributed by atoms with E-state index in [1.807, 2.05) is 0 Å². The molecule has 9 heavy (non-hydrogen) atoms. The van der Waals surface area contributed by atoms with Gasteiger partial charge < -0.3 is 11.1 Å². The van der Waals surface area contributed by atoms with E-state index in [1.165, 1.54) is 19.4 Å². The van der Waals surface area contributed by atoms with Crippen LogP contribution in [0.15, 0.2) is 0 Å². The minimum Gasteiger partial charge on any atom is -0.330 e. The lowest BCUT2D eigenvalue weighted by atomic mass is 10.2. The van der Waals surface area contributed by atoms with Crippen LogP contribution in [-0.4, -0.2) is 19.1 Å². The quantitative estimate of drug-likeness (QED) is 0.544. The van der Waals surface area contributed by atoms with Gasteiger partial charge in [0.2, 0.25) is 0 Å². The first-order valence-corrected chi connectivity index (χ1v) is 3.87. The molecule has 1 aliphatic carbocycles. The van der Waals surface area contributed by atoms with Crippen molar-refractivity contribution >= 4 is 0 Å². The summed E-state index contributed by atoms with van der Waals surface area (Å²) in [4.78, 5) is 0. The Hall–Kier alpha value is -0.0800. The van der Waals surface area contributed by atoms with Gasteiger partial charge in [0.05, 0.1) is 0 Å². The van der Waals surface area contributed by atoms with Crippen LogP contribution in [0.25, 0.3) is 0 Å². The van der Waals surface area contributed by atoms with Gasteiger partial charge in [-0.1, -0.05) is 0 Å². The van der Waals surface area contributed by atoms with Gasteiger partial charge >= 0.3 is 0 Å². The molecular formula is C7H14N2. The molecule has 0 spiro atoms. The maximum absolute atomic E-state index is 5.44. The van der Waals surface area contributed by atoms with Crippen molar-refractivity contribution in [1.82, 2.24) is 5.32 Å². The van der Waals surface area contributed by atoms with E-state index in [2.05, 4.69) is 5.32 Å². The lowest BCUT2D eigenvalue weighted by molar-refractivity contribution is 0.569. The van der Waals surface area contributed by atoms with Crippen molar-refractivity contribution in [1.29, 1.82) is 0 Å². The molecule has 0 aromatic carbocycles. The van der Waals surface area contributed by atoms with Crippen LogP contribution in [0.4, 0.5) is 0 Å². The molecule has 1 heterocycles. The van der Waals surface area contributed by atoms with Gasteiger partial charge in [-0.15, -0.1) is 0 Å². The highest BCUT2D eigenvalue weighted by atomic mass is 15.0. The molecule has 1 saturated carbocycles. The van der Waals surface area contributed by atoms with Gasteiger partial charge in [-0.2, -0.15) is 0 Å². The van der Waals surface area contributed by atoms with Crippen LogP contribution in [-0.2, 0) is 0 Å². The molecule has 0 aromatic rings. The maximum Gasteiger partial charge on any atom is 0.0131 e. The van der Waals surface area contributed by atoms with Crippen molar-refractivity contribution in [2.45, 2.75) is 18.9 Å². The molecule has 0 radical (unpaired) electrons. The molecule has 3 N–H and O–H groups in total. The van der Waals surface area contributed by atoms with Crippen LogP contribution >= 0.6 is 0 Å². The van der Waals surface area contributed by atoms with Crippen molar-refractivity contribution in [2.24, 2.45) is 17.6 Å². The molecule has 2 heteroatoms. The molecule has 0 aromatic heterocycles. The first-order valence-electron chi connectivity index (χ1n) is 3.87. The van der Waals surface area contributed by atoms with E-state index in [0.717, 1.165) is 24.4 Å². The van der Waals surface area contributed by atoms with E-state index in [9.17, 15) is 0 Å². The first-order chi connectivity index (χ1) is 4.43. The van der Waals surface area contributed by atoms with E-state index in [4.69, 9.17) is 5.73 Å². The lowest BCUT2D eigenvalue weighted by Crippen LogP contribution is -2.16. The van der Waals surface area contributed by atoms with Crippen molar-refractivity contribution in [2.75, 3.05) is 13.1 Å². The molecule has 3 atom stereocenters. The van der Waals surface area contributed by atoms with Gasteiger partial charge in [-0.05, 0) is 37.8 Å². The zero-order chi connectivity index (χ0) is 6.27. The molecule has 1 unspecified atom stereocenters. The normalized spacial score (nSPS) is 47.0. The highest BCUT2D eigenvalue weighted by molar-refractivity contribution is 5.07. The number of rotatable bonds is 2. The van der Waals surface area contributed by atoms with Crippen molar-refractivity contribution < 1.29 is 0 Å².